The molecule has 21 heavy (non-hydrogen) atoms. The molecule has 1 fully saturated rings. The Bertz CT molecular complexity index is 547. The van der Waals surface area contributed by atoms with E-state index in [4.69, 9.17) is 0 Å². The van der Waals surface area contributed by atoms with E-state index in [2.05, 4.69) is 17.2 Å². The first kappa shape index (κ1) is 16.5. The average molecular weight is 314 g/mol. The fourth-order valence-electron chi connectivity index (χ4n) is 2.91. The van der Waals surface area contributed by atoms with Crippen LogP contribution in [0.4, 0.5) is 0 Å². The van der Waals surface area contributed by atoms with Crippen LogP contribution in [0.15, 0.2) is 12.4 Å². The van der Waals surface area contributed by atoms with Crippen molar-refractivity contribution in [3.05, 3.63) is 18.2 Å². The van der Waals surface area contributed by atoms with E-state index in [-0.39, 0.29) is 11.8 Å². The molecule has 1 atom stereocenters. The third kappa shape index (κ3) is 4.05. The third-order valence-corrected chi connectivity index (χ3v) is 6.12. The molecule has 0 bridgehead atoms. The van der Waals surface area contributed by atoms with Gasteiger partial charge in [-0.05, 0) is 26.2 Å². The van der Waals surface area contributed by atoms with Crippen LogP contribution in [-0.2, 0) is 17.1 Å². The maximum Gasteiger partial charge on any atom is 0.214 e. The van der Waals surface area contributed by atoms with E-state index in [1.54, 1.807) is 10.5 Å². The van der Waals surface area contributed by atoms with Gasteiger partial charge in [0, 0.05) is 38.6 Å². The Morgan fingerprint density at radius 2 is 2.10 bits per heavy atom. The van der Waals surface area contributed by atoms with Gasteiger partial charge in [-0.3, -0.25) is 0 Å². The van der Waals surface area contributed by atoms with Gasteiger partial charge in [-0.15, -0.1) is 0 Å². The van der Waals surface area contributed by atoms with Gasteiger partial charge in [0.15, 0.2) is 0 Å². The average Bonchev–Trinajstić information content (AvgIpc) is 2.85. The van der Waals surface area contributed by atoms with Crippen LogP contribution in [0.3, 0.4) is 0 Å². The number of rotatable bonds is 6. The molecule has 1 aliphatic rings. The van der Waals surface area contributed by atoms with E-state index in [1.807, 2.05) is 24.7 Å². The number of nitrogens with one attached hydrogen (secondary N) is 1. The predicted molar refractivity (Wildman–Crippen MR) is 83.4 cm³/mol. The molecule has 1 aromatic rings. The highest BCUT2D eigenvalue weighted by atomic mass is 32.2. The summed E-state index contributed by atoms with van der Waals surface area (Å²) in [6.45, 7) is 5.24. The zero-order valence-corrected chi connectivity index (χ0v) is 13.9. The summed E-state index contributed by atoms with van der Waals surface area (Å²) in [6.07, 6.45) is 6.13. The second-order valence-corrected chi connectivity index (χ2v) is 7.86. The Labute approximate surface area is 127 Å². The minimum Gasteiger partial charge on any atom is -0.337 e. The summed E-state index contributed by atoms with van der Waals surface area (Å²) in [6, 6.07) is 0.526. The highest BCUT2D eigenvalue weighted by Crippen LogP contribution is 2.18. The number of hydrogen-bond acceptors (Lipinski definition) is 4. The molecule has 2 rings (SSSR count). The van der Waals surface area contributed by atoms with Gasteiger partial charge in [0.1, 0.15) is 5.82 Å². The summed E-state index contributed by atoms with van der Waals surface area (Å²) in [7, 11) is -1.06. The number of hydrogen-bond donors (Lipinski definition) is 1. The number of aryl methyl sites for hydroxylation is 1. The van der Waals surface area contributed by atoms with Gasteiger partial charge in [0.25, 0.3) is 0 Å². The standard InChI is InChI=1S/C14H26N4O2S/c1-4-11-21(19,20)18-8-5-13(6-9-18)16-12(2)14-15-7-10-17(14)3/h7,10,12-13,16H,4-6,8-9,11H2,1-3H3. The summed E-state index contributed by atoms with van der Waals surface area (Å²) in [4.78, 5) is 4.35. The highest BCUT2D eigenvalue weighted by Gasteiger charge is 2.28. The molecule has 1 unspecified atom stereocenters. The Morgan fingerprint density at radius 1 is 1.43 bits per heavy atom. The number of nitrogens with zero attached hydrogens (tertiary/aromatic N) is 3. The van der Waals surface area contributed by atoms with Crippen LogP contribution >= 0.6 is 0 Å². The lowest BCUT2D eigenvalue weighted by molar-refractivity contribution is 0.274. The van der Waals surface area contributed by atoms with E-state index in [9.17, 15) is 8.42 Å². The molecule has 1 aromatic heterocycles. The van der Waals surface area contributed by atoms with Crippen LogP contribution in [0, 0.1) is 0 Å². The molecule has 0 aliphatic carbocycles. The first-order valence-corrected chi connectivity index (χ1v) is 9.26. The van der Waals surface area contributed by atoms with Crippen molar-refractivity contribution in [2.45, 2.75) is 45.2 Å². The minimum atomic E-state index is -3.05. The van der Waals surface area contributed by atoms with Gasteiger partial charge in [0.05, 0.1) is 11.8 Å². The lowest BCUT2D eigenvalue weighted by Gasteiger charge is -2.33. The SMILES string of the molecule is CCCS(=O)(=O)N1CCC(NC(C)c2nccn2C)CC1. The Balaban J connectivity index is 1.86. The van der Waals surface area contributed by atoms with Crippen molar-refractivity contribution in [1.82, 2.24) is 19.2 Å². The molecule has 0 spiro atoms. The van der Waals surface area contributed by atoms with Crippen molar-refractivity contribution >= 4 is 10.0 Å². The summed E-state index contributed by atoms with van der Waals surface area (Å²) in [5.74, 6) is 1.27. The van der Waals surface area contributed by atoms with Crippen LogP contribution in [0.1, 0.15) is 45.0 Å². The quantitative estimate of drug-likeness (QED) is 0.859. The molecule has 2 heterocycles. The van der Waals surface area contributed by atoms with Crippen LogP contribution < -0.4 is 5.32 Å². The maximum atomic E-state index is 12.0. The van der Waals surface area contributed by atoms with E-state index < -0.39 is 10.0 Å². The maximum absolute atomic E-state index is 12.0. The Kier molecular flexibility index (Phi) is 5.40. The zero-order valence-electron chi connectivity index (χ0n) is 13.1. The van der Waals surface area contributed by atoms with Crippen LogP contribution in [0.5, 0.6) is 0 Å². The summed E-state index contributed by atoms with van der Waals surface area (Å²) in [5, 5.41) is 3.56. The normalized spacial score (nSPS) is 19.8. The molecule has 1 saturated heterocycles. The van der Waals surface area contributed by atoms with E-state index >= 15 is 0 Å². The van der Waals surface area contributed by atoms with Gasteiger partial charge in [-0.25, -0.2) is 17.7 Å². The number of aromatic nitrogens is 2. The topological polar surface area (TPSA) is 67.2 Å². The lowest BCUT2D eigenvalue weighted by atomic mass is 10.1. The van der Waals surface area contributed by atoms with Crippen molar-refractivity contribution in [3.63, 3.8) is 0 Å². The smallest absolute Gasteiger partial charge is 0.214 e. The molecule has 0 radical (unpaired) electrons. The van der Waals surface area contributed by atoms with E-state index in [0.29, 0.717) is 25.6 Å². The molecule has 1 aliphatic heterocycles. The number of piperidine rings is 1. The van der Waals surface area contributed by atoms with Crippen molar-refractivity contribution in [2.75, 3.05) is 18.8 Å². The van der Waals surface area contributed by atoms with Gasteiger partial charge < -0.3 is 9.88 Å². The van der Waals surface area contributed by atoms with Gasteiger partial charge >= 0.3 is 0 Å². The molecule has 0 aromatic carbocycles. The Morgan fingerprint density at radius 3 is 2.62 bits per heavy atom. The predicted octanol–water partition coefficient (Wildman–Crippen LogP) is 1.27. The van der Waals surface area contributed by atoms with Gasteiger partial charge in [0.2, 0.25) is 10.0 Å². The fraction of sp³-hybridized carbons (Fsp3) is 0.786. The molecule has 0 saturated carbocycles. The minimum absolute atomic E-state index is 0.175. The summed E-state index contributed by atoms with van der Waals surface area (Å²) >= 11 is 0. The monoisotopic (exact) mass is 314 g/mol. The number of imidazole rings is 1. The number of sulfonamides is 1. The second-order valence-electron chi connectivity index (χ2n) is 5.77. The van der Waals surface area contributed by atoms with Crippen LogP contribution in [-0.4, -0.2) is 47.2 Å². The van der Waals surface area contributed by atoms with E-state index in [1.165, 1.54) is 0 Å². The summed E-state index contributed by atoms with van der Waals surface area (Å²) in [5.41, 5.74) is 0. The molecule has 7 heteroatoms. The van der Waals surface area contributed by atoms with Crippen molar-refractivity contribution in [2.24, 2.45) is 7.05 Å². The van der Waals surface area contributed by atoms with Crippen molar-refractivity contribution < 1.29 is 8.42 Å². The molecular formula is C14H26N4O2S. The molecular weight excluding hydrogens is 288 g/mol. The van der Waals surface area contributed by atoms with Crippen LogP contribution in [0.25, 0.3) is 0 Å². The highest BCUT2D eigenvalue weighted by molar-refractivity contribution is 7.89. The zero-order chi connectivity index (χ0) is 15.5. The Hall–Kier alpha value is -0.920. The van der Waals surface area contributed by atoms with Gasteiger partial charge in [-0.1, -0.05) is 6.92 Å². The molecule has 1 N–H and O–H groups in total. The molecule has 0 amide bonds. The van der Waals surface area contributed by atoms with E-state index in [0.717, 1.165) is 18.7 Å². The first-order chi connectivity index (χ1) is 9.94. The fourth-order valence-corrected chi connectivity index (χ4v) is 4.45. The largest absolute Gasteiger partial charge is 0.337 e. The van der Waals surface area contributed by atoms with Crippen molar-refractivity contribution in [1.29, 1.82) is 0 Å². The molecule has 120 valence electrons. The second kappa shape index (κ2) is 6.89. The summed E-state index contributed by atoms with van der Waals surface area (Å²) < 4.78 is 27.7. The van der Waals surface area contributed by atoms with Crippen LogP contribution in [0.2, 0.25) is 0 Å². The van der Waals surface area contributed by atoms with Gasteiger partial charge in [-0.2, -0.15) is 0 Å². The molecule has 6 nitrogen and oxygen atoms in total. The first-order valence-electron chi connectivity index (χ1n) is 7.65. The lowest BCUT2D eigenvalue weighted by Crippen LogP contribution is -2.46. The van der Waals surface area contributed by atoms with Crippen molar-refractivity contribution in [3.8, 4) is 0 Å². The third-order valence-electron chi connectivity index (χ3n) is 4.04.